The summed E-state index contributed by atoms with van der Waals surface area (Å²) < 4.78 is 18.1. The largest absolute Gasteiger partial charge is 0.451 e. The fraction of sp³-hybridized carbons (Fsp3) is 0.150. The Bertz CT molecular complexity index is 923. The molecule has 1 heterocycles. The van der Waals surface area contributed by atoms with Crippen LogP contribution in [0, 0.1) is 5.82 Å². The maximum Gasteiger partial charge on any atom is 0.356 e. The third kappa shape index (κ3) is 4.38. The van der Waals surface area contributed by atoms with E-state index in [0.717, 1.165) is 5.56 Å². The zero-order chi connectivity index (χ0) is 19.2. The van der Waals surface area contributed by atoms with Gasteiger partial charge < -0.3 is 9.64 Å². The summed E-state index contributed by atoms with van der Waals surface area (Å²) in [6, 6.07) is 16.5. The van der Waals surface area contributed by atoms with Gasteiger partial charge in [0, 0.05) is 17.8 Å². The molecule has 3 rings (SSSR count). The molecule has 0 unspecified atom stereocenters. The molecule has 6 nitrogen and oxygen atoms in total. The highest BCUT2D eigenvalue weighted by molar-refractivity contribution is 5.96. The van der Waals surface area contributed by atoms with Crippen molar-refractivity contribution in [3.05, 3.63) is 72.2 Å². The lowest BCUT2D eigenvalue weighted by Crippen LogP contribution is -2.34. The molecule has 0 radical (unpaired) electrons. The molecule has 2 aromatic carbocycles. The molecular formula is C20H18FN3O3. The molecule has 1 N–H and O–H groups in total. The molecule has 0 bridgehead atoms. The van der Waals surface area contributed by atoms with Crippen molar-refractivity contribution in [1.29, 1.82) is 0 Å². The quantitative estimate of drug-likeness (QED) is 0.678. The van der Waals surface area contributed by atoms with Gasteiger partial charge in [0.1, 0.15) is 11.5 Å². The summed E-state index contributed by atoms with van der Waals surface area (Å²) in [5, 5.41) is 6.70. The summed E-state index contributed by atoms with van der Waals surface area (Å²) in [7, 11) is 0. The monoisotopic (exact) mass is 367 g/mol. The van der Waals surface area contributed by atoms with E-state index in [1.54, 1.807) is 13.0 Å². The molecule has 1 aromatic heterocycles. The number of benzene rings is 2. The van der Waals surface area contributed by atoms with E-state index in [4.69, 9.17) is 4.74 Å². The minimum absolute atomic E-state index is 0.159. The number of aromatic nitrogens is 2. The lowest BCUT2D eigenvalue weighted by atomic mass is 10.1. The van der Waals surface area contributed by atoms with Gasteiger partial charge in [-0.1, -0.05) is 30.3 Å². The highest BCUT2D eigenvalue weighted by atomic mass is 19.1. The average Bonchev–Trinajstić information content (AvgIpc) is 3.19. The van der Waals surface area contributed by atoms with E-state index in [1.807, 2.05) is 30.3 Å². The standard InChI is InChI=1S/C20H18FN3O3/c1-2-24(16-10-8-15(21)9-11-16)19(25)13-27-20(26)18-12-17(22-23-18)14-6-4-3-5-7-14/h3-12H,2,13H2,1H3,(H,22,23). The van der Waals surface area contributed by atoms with Gasteiger partial charge in [-0.05, 0) is 37.3 Å². The molecule has 0 aliphatic rings. The topological polar surface area (TPSA) is 75.3 Å². The number of carbonyl (C=O) groups is 2. The Morgan fingerprint density at radius 3 is 2.48 bits per heavy atom. The number of anilines is 1. The number of halogens is 1. The van der Waals surface area contributed by atoms with E-state index in [0.29, 0.717) is 17.9 Å². The van der Waals surface area contributed by atoms with Gasteiger partial charge in [-0.15, -0.1) is 0 Å². The first-order valence-electron chi connectivity index (χ1n) is 8.42. The second-order valence-corrected chi connectivity index (χ2v) is 5.72. The maximum atomic E-state index is 13.0. The van der Waals surface area contributed by atoms with Gasteiger partial charge >= 0.3 is 5.97 Å². The van der Waals surface area contributed by atoms with Crippen molar-refractivity contribution in [2.75, 3.05) is 18.1 Å². The Kier molecular flexibility index (Phi) is 5.61. The van der Waals surface area contributed by atoms with Crippen LogP contribution in [0.4, 0.5) is 10.1 Å². The Morgan fingerprint density at radius 1 is 1.11 bits per heavy atom. The van der Waals surface area contributed by atoms with Crippen molar-refractivity contribution in [3.8, 4) is 11.3 Å². The summed E-state index contributed by atoms with van der Waals surface area (Å²) in [6.45, 7) is 1.72. The lowest BCUT2D eigenvalue weighted by Gasteiger charge is -2.20. The SMILES string of the molecule is CCN(C(=O)COC(=O)c1cc(-c2ccccc2)n[nH]1)c1ccc(F)cc1. The second-order valence-electron chi connectivity index (χ2n) is 5.72. The summed E-state index contributed by atoms with van der Waals surface area (Å²) in [4.78, 5) is 25.9. The van der Waals surface area contributed by atoms with Gasteiger partial charge in [0.05, 0.1) is 5.69 Å². The highest BCUT2D eigenvalue weighted by Crippen LogP contribution is 2.18. The number of likely N-dealkylation sites (N-methyl/N-ethyl adjacent to an activating group) is 1. The van der Waals surface area contributed by atoms with Gasteiger partial charge in [-0.25, -0.2) is 9.18 Å². The van der Waals surface area contributed by atoms with Gasteiger partial charge in [0.2, 0.25) is 0 Å². The van der Waals surface area contributed by atoms with E-state index < -0.39 is 18.5 Å². The number of carbonyl (C=O) groups excluding carboxylic acids is 2. The van der Waals surface area contributed by atoms with Gasteiger partial charge in [-0.3, -0.25) is 9.89 Å². The third-order valence-corrected chi connectivity index (χ3v) is 3.95. The number of H-pyrrole nitrogens is 1. The molecule has 0 spiro atoms. The number of ether oxygens (including phenoxy) is 1. The molecule has 27 heavy (non-hydrogen) atoms. The van der Waals surface area contributed by atoms with Crippen LogP contribution in [0.1, 0.15) is 17.4 Å². The normalized spacial score (nSPS) is 10.4. The van der Waals surface area contributed by atoms with Crippen molar-refractivity contribution < 1.29 is 18.7 Å². The van der Waals surface area contributed by atoms with Crippen LogP contribution in [0.5, 0.6) is 0 Å². The molecule has 3 aromatic rings. The molecule has 0 fully saturated rings. The van der Waals surface area contributed by atoms with Crippen molar-refractivity contribution >= 4 is 17.6 Å². The van der Waals surface area contributed by atoms with Gasteiger partial charge in [-0.2, -0.15) is 5.10 Å². The Morgan fingerprint density at radius 2 is 1.81 bits per heavy atom. The zero-order valence-electron chi connectivity index (χ0n) is 14.7. The number of esters is 1. The molecule has 0 aliphatic heterocycles. The van der Waals surface area contributed by atoms with Crippen LogP contribution in [-0.4, -0.2) is 35.2 Å². The van der Waals surface area contributed by atoms with E-state index >= 15 is 0 Å². The average molecular weight is 367 g/mol. The predicted molar refractivity (Wildman–Crippen MR) is 98.7 cm³/mol. The lowest BCUT2D eigenvalue weighted by molar-refractivity contribution is -0.121. The number of nitrogens with zero attached hydrogens (tertiary/aromatic N) is 2. The van der Waals surface area contributed by atoms with E-state index in [1.165, 1.54) is 29.2 Å². The van der Waals surface area contributed by atoms with Crippen LogP contribution in [-0.2, 0) is 9.53 Å². The maximum absolute atomic E-state index is 13.0. The third-order valence-electron chi connectivity index (χ3n) is 3.95. The van der Waals surface area contributed by atoms with Crippen LogP contribution >= 0.6 is 0 Å². The fourth-order valence-electron chi connectivity index (χ4n) is 2.59. The number of hydrogen-bond donors (Lipinski definition) is 1. The Labute approximate surface area is 155 Å². The van der Waals surface area contributed by atoms with E-state index in [2.05, 4.69) is 10.2 Å². The fourth-order valence-corrected chi connectivity index (χ4v) is 2.59. The van der Waals surface area contributed by atoms with Crippen molar-refractivity contribution in [2.24, 2.45) is 0 Å². The number of hydrogen-bond acceptors (Lipinski definition) is 4. The summed E-state index contributed by atoms with van der Waals surface area (Å²) >= 11 is 0. The summed E-state index contributed by atoms with van der Waals surface area (Å²) in [5.41, 5.74) is 2.16. The minimum Gasteiger partial charge on any atom is -0.451 e. The first-order chi connectivity index (χ1) is 13.1. The van der Waals surface area contributed by atoms with Crippen molar-refractivity contribution in [2.45, 2.75) is 6.92 Å². The Hall–Kier alpha value is -3.48. The molecule has 0 saturated heterocycles. The molecular weight excluding hydrogens is 349 g/mol. The minimum atomic E-state index is -0.673. The number of nitrogens with one attached hydrogen (secondary N) is 1. The van der Waals surface area contributed by atoms with Crippen molar-refractivity contribution in [1.82, 2.24) is 10.2 Å². The first-order valence-corrected chi connectivity index (χ1v) is 8.42. The molecule has 0 atom stereocenters. The summed E-state index contributed by atoms with van der Waals surface area (Å²) in [5.74, 6) is -1.46. The van der Waals surface area contributed by atoms with E-state index in [9.17, 15) is 14.0 Å². The van der Waals surface area contributed by atoms with Crippen LogP contribution in [0.25, 0.3) is 11.3 Å². The van der Waals surface area contributed by atoms with E-state index in [-0.39, 0.29) is 11.5 Å². The molecule has 7 heteroatoms. The zero-order valence-corrected chi connectivity index (χ0v) is 14.7. The van der Waals surface area contributed by atoms with Crippen LogP contribution in [0.15, 0.2) is 60.7 Å². The summed E-state index contributed by atoms with van der Waals surface area (Å²) in [6.07, 6.45) is 0. The molecule has 1 amide bonds. The van der Waals surface area contributed by atoms with Gasteiger partial charge in [0.15, 0.2) is 6.61 Å². The second kappa shape index (κ2) is 8.27. The van der Waals surface area contributed by atoms with Gasteiger partial charge in [0.25, 0.3) is 5.91 Å². The van der Waals surface area contributed by atoms with Crippen molar-refractivity contribution in [3.63, 3.8) is 0 Å². The number of amides is 1. The Balaban J connectivity index is 1.62. The van der Waals surface area contributed by atoms with Crippen LogP contribution < -0.4 is 4.90 Å². The molecule has 0 aliphatic carbocycles. The number of rotatable bonds is 6. The first kappa shape index (κ1) is 18.3. The number of aromatic amines is 1. The van der Waals surface area contributed by atoms with Crippen LogP contribution in [0.3, 0.4) is 0 Å². The van der Waals surface area contributed by atoms with Crippen LogP contribution in [0.2, 0.25) is 0 Å². The predicted octanol–water partition coefficient (Wildman–Crippen LogP) is 3.43. The smallest absolute Gasteiger partial charge is 0.356 e. The highest BCUT2D eigenvalue weighted by Gasteiger charge is 2.18. The molecule has 0 saturated carbocycles. The molecule has 138 valence electrons.